The molecule has 0 aliphatic carbocycles. The zero-order chi connectivity index (χ0) is 10.4. The maximum Gasteiger partial charge on any atom is 0.191 e. The Morgan fingerprint density at radius 3 is 3.07 bits per heavy atom. The van der Waals surface area contributed by atoms with Gasteiger partial charge in [-0.1, -0.05) is 5.11 Å². The molecule has 76 valence electrons. The van der Waals surface area contributed by atoms with E-state index in [4.69, 9.17) is 9.95 Å². The van der Waals surface area contributed by atoms with Crippen molar-refractivity contribution in [3.05, 3.63) is 27.8 Å². The molecule has 0 amide bonds. The molecule has 0 unspecified atom stereocenters. The Morgan fingerprint density at radius 1 is 1.64 bits per heavy atom. The molecule has 6 heteroatoms. The average molecular weight is 212 g/mol. The molecule has 0 saturated heterocycles. The van der Waals surface area contributed by atoms with Gasteiger partial charge in [0.2, 0.25) is 0 Å². The number of aromatic nitrogens is 1. The summed E-state index contributed by atoms with van der Waals surface area (Å²) in [5, 5.41) is 3.48. The van der Waals surface area contributed by atoms with Crippen LogP contribution in [0.2, 0.25) is 0 Å². The van der Waals surface area contributed by atoms with E-state index in [1.54, 1.807) is 18.7 Å². The Balaban J connectivity index is 2.74. The molecule has 0 aliphatic rings. The largest absolute Gasteiger partial charge is 0.446 e. The van der Waals surface area contributed by atoms with E-state index in [2.05, 4.69) is 15.0 Å². The molecule has 1 rings (SSSR count). The number of rotatable bonds is 5. The first kappa shape index (κ1) is 10.9. The van der Waals surface area contributed by atoms with Crippen LogP contribution in [-0.4, -0.2) is 17.0 Å². The number of oxazole rings is 1. The molecule has 0 radical (unpaired) electrons. The second kappa shape index (κ2) is 5.57. The number of thioether (sulfide) groups is 1. The first-order valence-electron chi connectivity index (χ1n) is 4.23. The summed E-state index contributed by atoms with van der Waals surface area (Å²) < 4.78 is 5.41. The summed E-state index contributed by atoms with van der Waals surface area (Å²) >= 11 is 1.75. The minimum atomic E-state index is 0.275. The number of hydrogen-bond donors (Lipinski definition) is 0. The van der Waals surface area contributed by atoms with Gasteiger partial charge in [0.25, 0.3) is 0 Å². The van der Waals surface area contributed by atoms with E-state index in [9.17, 15) is 0 Å². The summed E-state index contributed by atoms with van der Waals surface area (Å²) in [4.78, 5) is 6.86. The monoisotopic (exact) mass is 212 g/mol. The van der Waals surface area contributed by atoms with Crippen LogP contribution in [0.15, 0.2) is 9.53 Å². The number of azide groups is 1. The minimum Gasteiger partial charge on any atom is -0.446 e. The maximum atomic E-state index is 8.20. The fourth-order valence-electron chi connectivity index (χ4n) is 1.12. The molecule has 1 aromatic rings. The Labute approximate surface area is 86.5 Å². The van der Waals surface area contributed by atoms with Gasteiger partial charge in [0.15, 0.2) is 5.89 Å². The van der Waals surface area contributed by atoms with Crippen LogP contribution in [0.4, 0.5) is 0 Å². The third-order valence-corrected chi connectivity index (χ3v) is 2.31. The number of aryl methyl sites for hydroxylation is 2. The molecular formula is C8H12N4OS. The molecule has 0 N–H and O–H groups in total. The second-order valence-electron chi connectivity index (χ2n) is 2.73. The van der Waals surface area contributed by atoms with Gasteiger partial charge < -0.3 is 4.42 Å². The van der Waals surface area contributed by atoms with E-state index in [-0.39, 0.29) is 6.54 Å². The van der Waals surface area contributed by atoms with Crippen molar-refractivity contribution >= 4 is 11.8 Å². The fraction of sp³-hybridized carbons (Fsp3) is 0.625. The molecule has 0 saturated carbocycles. The molecule has 1 heterocycles. The topological polar surface area (TPSA) is 74.8 Å². The Morgan fingerprint density at radius 2 is 2.43 bits per heavy atom. The van der Waals surface area contributed by atoms with Crippen LogP contribution >= 0.6 is 11.8 Å². The lowest BCUT2D eigenvalue weighted by Crippen LogP contribution is -1.92. The SMILES string of the molecule is CSCCc1oc(C)nc1CN=[N+]=[N-]. The first-order chi connectivity index (χ1) is 6.77. The summed E-state index contributed by atoms with van der Waals surface area (Å²) in [5.41, 5.74) is 8.96. The third kappa shape index (κ3) is 2.97. The molecule has 0 fully saturated rings. The Kier molecular flexibility index (Phi) is 4.35. The van der Waals surface area contributed by atoms with Crippen molar-refractivity contribution in [3.63, 3.8) is 0 Å². The van der Waals surface area contributed by atoms with Gasteiger partial charge in [-0.05, 0) is 11.8 Å². The van der Waals surface area contributed by atoms with Gasteiger partial charge in [-0.25, -0.2) is 4.98 Å². The van der Waals surface area contributed by atoms with Gasteiger partial charge in [-0.2, -0.15) is 11.8 Å². The van der Waals surface area contributed by atoms with Gasteiger partial charge in [0.05, 0.1) is 12.2 Å². The van der Waals surface area contributed by atoms with Crippen molar-refractivity contribution in [2.75, 3.05) is 12.0 Å². The third-order valence-electron chi connectivity index (χ3n) is 1.70. The van der Waals surface area contributed by atoms with Crippen molar-refractivity contribution < 1.29 is 4.42 Å². The summed E-state index contributed by atoms with van der Waals surface area (Å²) in [6.07, 6.45) is 2.87. The van der Waals surface area contributed by atoms with E-state index >= 15 is 0 Å². The molecule has 0 spiro atoms. The normalized spacial score (nSPS) is 9.86. The van der Waals surface area contributed by atoms with Gasteiger partial charge in [-0.3, -0.25) is 0 Å². The quantitative estimate of drug-likeness (QED) is 0.428. The van der Waals surface area contributed by atoms with E-state index in [0.717, 1.165) is 23.6 Å². The minimum absolute atomic E-state index is 0.275. The van der Waals surface area contributed by atoms with Crippen molar-refractivity contribution in [3.8, 4) is 0 Å². The lowest BCUT2D eigenvalue weighted by atomic mass is 10.3. The van der Waals surface area contributed by atoms with Crippen LogP contribution in [0.3, 0.4) is 0 Å². The van der Waals surface area contributed by atoms with Crippen LogP contribution in [0.1, 0.15) is 17.3 Å². The van der Waals surface area contributed by atoms with Crippen LogP contribution in [0.5, 0.6) is 0 Å². The molecule has 0 aliphatic heterocycles. The van der Waals surface area contributed by atoms with Crippen molar-refractivity contribution in [2.45, 2.75) is 19.9 Å². The zero-order valence-electron chi connectivity index (χ0n) is 8.23. The maximum absolute atomic E-state index is 8.20. The van der Waals surface area contributed by atoms with E-state index < -0.39 is 0 Å². The standard InChI is InChI=1S/C8H12N4OS/c1-6-11-7(5-10-12-9)8(13-6)3-4-14-2/h3-5H2,1-2H3. The summed E-state index contributed by atoms with van der Waals surface area (Å²) in [6.45, 7) is 2.07. The number of nitrogens with zero attached hydrogens (tertiary/aromatic N) is 4. The summed E-state index contributed by atoms with van der Waals surface area (Å²) in [6, 6.07) is 0. The lowest BCUT2D eigenvalue weighted by molar-refractivity contribution is 0.479. The predicted molar refractivity (Wildman–Crippen MR) is 56.2 cm³/mol. The van der Waals surface area contributed by atoms with Crippen LogP contribution < -0.4 is 0 Å². The average Bonchev–Trinajstić information content (AvgIpc) is 2.52. The highest BCUT2D eigenvalue weighted by Gasteiger charge is 2.09. The molecule has 0 atom stereocenters. The van der Waals surface area contributed by atoms with Gasteiger partial charge >= 0.3 is 0 Å². The summed E-state index contributed by atoms with van der Waals surface area (Å²) in [5.74, 6) is 2.45. The van der Waals surface area contributed by atoms with Crippen molar-refractivity contribution in [1.82, 2.24) is 4.98 Å². The van der Waals surface area contributed by atoms with Crippen molar-refractivity contribution in [1.29, 1.82) is 0 Å². The van der Waals surface area contributed by atoms with Crippen LogP contribution in [0.25, 0.3) is 10.4 Å². The predicted octanol–water partition coefficient (Wildman–Crippen LogP) is 2.70. The fourth-order valence-corrected chi connectivity index (χ4v) is 1.51. The molecule has 5 nitrogen and oxygen atoms in total. The molecule has 1 aromatic heterocycles. The second-order valence-corrected chi connectivity index (χ2v) is 3.72. The molecule has 0 aromatic carbocycles. The van der Waals surface area contributed by atoms with Gasteiger partial charge in [0.1, 0.15) is 5.76 Å². The molecule has 0 bridgehead atoms. The highest BCUT2D eigenvalue weighted by atomic mass is 32.2. The van der Waals surface area contributed by atoms with Crippen LogP contribution in [0, 0.1) is 6.92 Å². The Bertz CT molecular complexity index is 343. The van der Waals surface area contributed by atoms with E-state index in [1.165, 1.54) is 0 Å². The smallest absolute Gasteiger partial charge is 0.191 e. The lowest BCUT2D eigenvalue weighted by Gasteiger charge is -1.95. The van der Waals surface area contributed by atoms with E-state index in [1.807, 2.05) is 6.26 Å². The molecule has 14 heavy (non-hydrogen) atoms. The van der Waals surface area contributed by atoms with E-state index in [0.29, 0.717) is 5.89 Å². The first-order valence-corrected chi connectivity index (χ1v) is 5.62. The number of hydrogen-bond acceptors (Lipinski definition) is 4. The van der Waals surface area contributed by atoms with Gasteiger partial charge in [-0.15, -0.1) is 0 Å². The highest BCUT2D eigenvalue weighted by molar-refractivity contribution is 7.98. The Hall–Kier alpha value is -1.13. The molecular weight excluding hydrogens is 200 g/mol. The van der Waals surface area contributed by atoms with Crippen molar-refractivity contribution in [2.24, 2.45) is 5.11 Å². The zero-order valence-corrected chi connectivity index (χ0v) is 9.04. The summed E-state index contributed by atoms with van der Waals surface area (Å²) in [7, 11) is 0. The van der Waals surface area contributed by atoms with Crippen LogP contribution in [-0.2, 0) is 13.0 Å². The highest BCUT2D eigenvalue weighted by Crippen LogP contribution is 2.14. The van der Waals surface area contributed by atoms with Gasteiger partial charge in [0, 0.05) is 24.0 Å².